The highest BCUT2D eigenvalue weighted by Gasteiger charge is 2.35. The van der Waals surface area contributed by atoms with Crippen LogP contribution in [0.4, 0.5) is 14.9 Å². The number of aliphatic hydroxyl groups is 1. The first-order chi connectivity index (χ1) is 14.6. The first kappa shape index (κ1) is 22.7. The van der Waals surface area contributed by atoms with Crippen LogP contribution in [0.1, 0.15) is 46.2 Å². The Kier molecular flexibility index (Phi) is 6.64. The van der Waals surface area contributed by atoms with E-state index in [1.165, 1.54) is 12.1 Å². The second kappa shape index (κ2) is 9.05. The quantitative estimate of drug-likeness (QED) is 0.654. The number of carbonyl (C=O) groups excluding carboxylic acids is 2. The summed E-state index contributed by atoms with van der Waals surface area (Å²) in [6.07, 6.45) is 3.54. The number of hydrogen-bond acceptors (Lipinski definition) is 4. The lowest BCUT2D eigenvalue weighted by molar-refractivity contribution is -0.121. The summed E-state index contributed by atoms with van der Waals surface area (Å²) in [5, 5.41) is 19.5. The first-order valence-corrected chi connectivity index (χ1v) is 10.5. The summed E-state index contributed by atoms with van der Waals surface area (Å²) in [7, 11) is 0. The van der Waals surface area contributed by atoms with E-state index in [4.69, 9.17) is 0 Å². The normalized spacial score (nSPS) is 17.1. The van der Waals surface area contributed by atoms with Crippen molar-refractivity contribution in [2.24, 2.45) is 0 Å². The highest BCUT2D eigenvalue weighted by Crippen LogP contribution is 2.33. The van der Waals surface area contributed by atoms with Crippen molar-refractivity contribution in [2.75, 3.05) is 11.4 Å². The average Bonchev–Trinajstić information content (AvgIpc) is 3.14. The number of anilines is 1. The molecule has 1 aromatic heterocycles. The van der Waals surface area contributed by atoms with Crippen molar-refractivity contribution in [3.63, 3.8) is 0 Å². The van der Waals surface area contributed by atoms with Gasteiger partial charge in [0.1, 0.15) is 11.9 Å². The summed E-state index contributed by atoms with van der Waals surface area (Å²) in [4.78, 5) is 27.3. The summed E-state index contributed by atoms with van der Waals surface area (Å²) >= 11 is 0. The molecule has 1 aliphatic rings. The Balaban J connectivity index is 1.81. The van der Waals surface area contributed by atoms with E-state index in [0.29, 0.717) is 12.1 Å². The van der Waals surface area contributed by atoms with Gasteiger partial charge in [0.2, 0.25) is 5.91 Å². The Morgan fingerprint density at radius 3 is 2.61 bits per heavy atom. The summed E-state index contributed by atoms with van der Waals surface area (Å²) in [6, 6.07) is 4.77. The van der Waals surface area contributed by atoms with Gasteiger partial charge in [-0.15, -0.1) is 0 Å². The molecule has 3 amide bonds. The van der Waals surface area contributed by atoms with Crippen LogP contribution in [0.15, 0.2) is 30.5 Å². The van der Waals surface area contributed by atoms with E-state index >= 15 is 0 Å². The van der Waals surface area contributed by atoms with Crippen molar-refractivity contribution in [1.82, 2.24) is 20.4 Å². The number of hydrogen-bond donors (Lipinski definition) is 3. The maximum atomic E-state index is 13.4. The fourth-order valence-electron chi connectivity index (χ4n) is 3.67. The van der Waals surface area contributed by atoms with E-state index < -0.39 is 17.7 Å². The third-order valence-electron chi connectivity index (χ3n) is 5.35. The van der Waals surface area contributed by atoms with E-state index in [9.17, 15) is 19.1 Å². The standard InChI is InChI=1S/C22H30FN5O3/c1-5-17(26-21(30)24-13-22(3,4)31)20(29)27-14(2)6-11-18-19(27)12-25-28(18)16-9-7-15(23)8-10-16/h7-10,12,14,17,31H,5-6,11,13H2,1-4H3,(H2,24,26,30). The number of rotatable bonds is 6. The number of urea groups is 1. The molecule has 2 unspecified atom stereocenters. The van der Waals surface area contributed by atoms with Crippen LogP contribution in [0, 0.1) is 5.82 Å². The number of benzene rings is 1. The minimum absolute atomic E-state index is 0.0545. The van der Waals surface area contributed by atoms with Crippen molar-refractivity contribution >= 4 is 17.6 Å². The zero-order valence-corrected chi connectivity index (χ0v) is 18.4. The molecule has 8 nitrogen and oxygen atoms in total. The predicted octanol–water partition coefficient (Wildman–Crippen LogP) is 2.53. The molecule has 9 heteroatoms. The van der Waals surface area contributed by atoms with E-state index in [0.717, 1.165) is 24.2 Å². The maximum absolute atomic E-state index is 13.4. The predicted molar refractivity (Wildman–Crippen MR) is 116 cm³/mol. The fraction of sp³-hybridized carbons (Fsp3) is 0.500. The van der Waals surface area contributed by atoms with Crippen molar-refractivity contribution < 1.29 is 19.1 Å². The summed E-state index contributed by atoms with van der Waals surface area (Å²) in [6.45, 7) is 7.04. The van der Waals surface area contributed by atoms with Gasteiger partial charge in [-0.1, -0.05) is 6.92 Å². The van der Waals surface area contributed by atoms with Crippen LogP contribution >= 0.6 is 0 Å². The van der Waals surface area contributed by atoms with Crippen molar-refractivity contribution in [2.45, 2.75) is 64.6 Å². The number of fused-ring (bicyclic) bond motifs is 1. The Hall–Kier alpha value is -2.94. The fourth-order valence-corrected chi connectivity index (χ4v) is 3.67. The van der Waals surface area contributed by atoms with E-state index in [1.54, 1.807) is 41.8 Å². The monoisotopic (exact) mass is 431 g/mol. The van der Waals surface area contributed by atoms with Gasteiger partial charge in [-0.25, -0.2) is 13.9 Å². The molecule has 2 aromatic rings. The van der Waals surface area contributed by atoms with Crippen LogP contribution in [0.5, 0.6) is 0 Å². The van der Waals surface area contributed by atoms with Gasteiger partial charge in [-0.2, -0.15) is 5.10 Å². The third kappa shape index (κ3) is 5.22. The molecule has 0 fully saturated rings. The second-order valence-corrected chi connectivity index (χ2v) is 8.56. The molecule has 2 heterocycles. The first-order valence-electron chi connectivity index (χ1n) is 10.5. The summed E-state index contributed by atoms with van der Waals surface area (Å²) < 4.78 is 15.0. The van der Waals surface area contributed by atoms with Gasteiger partial charge >= 0.3 is 6.03 Å². The number of nitrogens with one attached hydrogen (secondary N) is 2. The molecule has 3 N–H and O–H groups in total. The molecule has 3 rings (SSSR count). The SMILES string of the molecule is CCC(NC(=O)NCC(C)(C)O)C(=O)N1c2cnn(-c3ccc(F)cc3)c2CCC1C. The van der Waals surface area contributed by atoms with Crippen LogP contribution in [-0.2, 0) is 11.2 Å². The zero-order valence-electron chi connectivity index (χ0n) is 18.4. The molecule has 2 atom stereocenters. The molecule has 1 aromatic carbocycles. The Labute approximate surface area is 181 Å². The van der Waals surface area contributed by atoms with Crippen LogP contribution in [0.25, 0.3) is 5.69 Å². The number of aromatic nitrogens is 2. The van der Waals surface area contributed by atoms with E-state index in [-0.39, 0.29) is 24.3 Å². The number of nitrogens with zero attached hydrogens (tertiary/aromatic N) is 3. The number of halogens is 1. The lowest BCUT2D eigenvalue weighted by atomic mass is 10.00. The number of carbonyl (C=O) groups is 2. The van der Waals surface area contributed by atoms with Gasteiger partial charge < -0.3 is 20.6 Å². The van der Waals surface area contributed by atoms with Crippen LogP contribution < -0.4 is 15.5 Å². The highest BCUT2D eigenvalue weighted by molar-refractivity contribution is 6.00. The van der Waals surface area contributed by atoms with Crippen molar-refractivity contribution in [1.29, 1.82) is 0 Å². The molecule has 0 bridgehead atoms. The zero-order chi connectivity index (χ0) is 22.8. The van der Waals surface area contributed by atoms with Crippen LogP contribution in [0.3, 0.4) is 0 Å². The minimum Gasteiger partial charge on any atom is -0.389 e. The van der Waals surface area contributed by atoms with Gasteiger partial charge in [-0.3, -0.25) is 4.79 Å². The van der Waals surface area contributed by atoms with E-state index in [2.05, 4.69) is 15.7 Å². The van der Waals surface area contributed by atoms with Crippen LogP contribution in [-0.4, -0.2) is 51.1 Å². The lowest BCUT2D eigenvalue weighted by Gasteiger charge is -2.35. The minimum atomic E-state index is -1.05. The maximum Gasteiger partial charge on any atom is 0.315 e. The Morgan fingerprint density at radius 1 is 1.32 bits per heavy atom. The molecule has 0 saturated carbocycles. The van der Waals surface area contributed by atoms with Crippen LogP contribution in [0.2, 0.25) is 0 Å². The van der Waals surface area contributed by atoms with Crippen molar-refractivity contribution in [3.8, 4) is 5.69 Å². The summed E-state index contributed by atoms with van der Waals surface area (Å²) in [5.41, 5.74) is 1.25. The third-order valence-corrected chi connectivity index (χ3v) is 5.35. The molecule has 0 saturated heterocycles. The van der Waals surface area contributed by atoms with Gasteiger partial charge in [-0.05, 0) is 64.3 Å². The molecule has 1 aliphatic heterocycles. The highest BCUT2D eigenvalue weighted by atomic mass is 19.1. The molecule has 0 radical (unpaired) electrons. The van der Waals surface area contributed by atoms with Gasteiger partial charge in [0.15, 0.2) is 0 Å². The molecule has 0 aliphatic carbocycles. The smallest absolute Gasteiger partial charge is 0.315 e. The van der Waals surface area contributed by atoms with Crippen molar-refractivity contribution in [3.05, 3.63) is 42.0 Å². The van der Waals surface area contributed by atoms with Gasteiger partial charge in [0.05, 0.1) is 28.9 Å². The molecule has 0 spiro atoms. The molecule has 31 heavy (non-hydrogen) atoms. The molecular formula is C22H30FN5O3. The molecular weight excluding hydrogens is 401 g/mol. The topological polar surface area (TPSA) is 99.5 Å². The van der Waals surface area contributed by atoms with Gasteiger partial charge in [0, 0.05) is 12.6 Å². The lowest BCUT2D eigenvalue weighted by Crippen LogP contribution is -2.55. The van der Waals surface area contributed by atoms with E-state index in [1.807, 2.05) is 13.8 Å². The molecule has 168 valence electrons. The Bertz CT molecular complexity index is 936. The largest absolute Gasteiger partial charge is 0.389 e. The number of amides is 3. The average molecular weight is 432 g/mol. The Morgan fingerprint density at radius 2 is 2.00 bits per heavy atom. The second-order valence-electron chi connectivity index (χ2n) is 8.56. The van der Waals surface area contributed by atoms with Gasteiger partial charge in [0.25, 0.3) is 0 Å². The summed E-state index contributed by atoms with van der Waals surface area (Å²) in [5.74, 6) is -0.539.